The van der Waals surface area contributed by atoms with Gasteiger partial charge in [-0.15, -0.1) is 0 Å². The monoisotopic (exact) mass is 524 g/mol. The van der Waals surface area contributed by atoms with Crippen LogP contribution >= 0.6 is 11.8 Å². The Morgan fingerprint density at radius 1 is 1.08 bits per heavy atom. The molecule has 3 heterocycles. The highest BCUT2D eigenvalue weighted by Gasteiger charge is 2.37. The molecule has 1 atom stereocenters. The number of aromatic nitrogens is 2. The van der Waals surface area contributed by atoms with Gasteiger partial charge in [-0.05, 0) is 48.6 Å². The van der Waals surface area contributed by atoms with Crippen molar-refractivity contribution in [3.05, 3.63) is 46.8 Å². The number of benzene rings is 2. The number of fused-ring (bicyclic) bond motifs is 2. The lowest BCUT2D eigenvalue weighted by molar-refractivity contribution is -0.137. The molecule has 2 aromatic carbocycles. The van der Waals surface area contributed by atoms with Gasteiger partial charge < -0.3 is 19.6 Å². The van der Waals surface area contributed by atoms with Crippen LogP contribution in [0.1, 0.15) is 19.8 Å². The number of carbonyl (C=O) groups is 2. The van der Waals surface area contributed by atoms with Crippen LogP contribution in [0.25, 0.3) is 21.7 Å². The molecule has 2 aliphatic rings. The van der Waals surface area contributed by atoms with E-state index in [1.54, 1.807) is 9.47 Å². The molecule has 0 bridgehead atoms. The summed E-state index contributed by atoms with van der Waals surface area (Å²) in [6.45, 7) is 4.93. The minimum absolute atomic E-state index is 0.0117. The van der Waals surface area contributed by atoms with Crippen LogP contribution < -0.4 is 5.56 Å². The maximum atomic E-state index is 13.8. The molecule has 37 heavy (non-hydrogen) atoms. The molecule has 5 rings (SSSR count). The Morgan fingerprint density at radius 3 is 2.41 bits per heavy atom. The largest absolute Gasteiger partial charge is 0.387 e. The fourth-order valence-corrected chi connectivity index (χ4v) is 6.67. The molecule has 0 saturated carbocycles. The van der Waals surface area contributed by atoms with E-state index < -0.39 is 11.9 Å². The predicted octanol–water partition coefficient (Wildman–Crippen LogP) is 2.12. The molecule has 10 heteroatoms. The number of hydrogen-bond acceptors (Lipinski definition) is 7. The quantitative estimate of drug-likeness (QED) is 0.299. The number of piperidine rings is 1. The van der Waals surface area contributed by atoms with E-state index >= 15 is 0 Å². The first kappa shape index (κ1) is 25.7. The molecular formula is C27H32N4O5S. The van der Waals surface area contributed by atoms with Crippen LogP contribution in [-0.2, 0) is 20.9 Å². The molecule has 0 radical (unpaired) electrons. The summed E-state index contributed by atoms with van der Waals surface area (Å²) in [7, 11) is 0. The Hall–Kier alpha value is -2.95. The second kappa shape index (κ2) is 11.2. The van der Waals surface area contributed by atoms with E-state index in [1.807, 2.05) is 48.2 Å². The van der Waals surface area contributed by atoms with Crippen molar-refractivity contribution in [1.82, 2.24) is 19.4 Å². The van der Waals surface area contributed by atoms with Crippen LogP contribution in [0.2, 0.25) is 0 Å². The highest BCUT2D eigenvalue weighted by atomic mass is 32.2. The van der Waals surface area contributed by atoms with Gasteiger partial charge in [0.2, 0.25) is 11.8 Å². The predicted molar refractivity (Wildman–Crippen MR) is 143 cm³/mol. The van der Waals surface area contributed by atoms with Gasteiger partial charge in [0.25, 0.3) is 5.56 Å². The Kier molecular flexibility index (Phi) is 7.78. The number of carbonyl (C=O) groups excluding carboxylic acids is 2. The molecule has 1 N–H and O–H groups in total. The van der Waals surface area contributed by atoms with Gasteiger partial charge in [0.1, 0.15) is 6.61 Å². The zero-order valence-corrected chi connectivity index (χ0v) is 21.8. The average Bonchev–Trinajstić information content (AvgIpc) is 2.95. The molecular weight excluding hydrogens is 492 g/mol. The molecule has 2 aliphatic heterocycles. The second-order valence-corrected chi connectivity index (χ2v) is 10.6. The molecule has 2 saturated heterocycles. The number of morpholine rings is 1. The Labute approximate surface area is 219 Å². The minimum atomic E-state index is -0.506. The van der Waals surface area contributed by atoms with Gasteiger partial charge in [0.15, 0.2) is 5.16 Å². The maximum absolute atomic E-state index is 13.8. The highest BCUT2D eigenvalue weighted by molar-refractivity contribution is 8.00. The van der Waals surface area contributed by atoms with Gasteiger partial charge in [-0.25, -0.2) is 4.98 Å². The second-order valence-electron chi connectivity index (χ2n) is 9.51. The normalized spacial score (nSPS) is 17.9. The summed E-state index contributed by atoms with van der Waals surface area (Å²) >= 11 is 1.36. The molecule has 2 fully saturated rings. The van der Waals surface area contributed by atoms with Crippen molar-refractivity contribution in [2.45, 2.75) is 36.7 Å². The number of hydrogen-bond donors (Lipinski definition) is 1. The number of rotatable bonds is 6. The van der Waals surface area contributed by atoms with Crippen molar-refractivity contribution >= 4 is 45.3 Å². The van der Waals surface area contributed by atoms with E-state index in [9.17, 15) is 19.5 Å². The third kappa shape index (κ3) is 5.23. The molecule has 0 spiro atoms. The fraction of sp³-hybridized carbons (Fsp3) is 0.481. The van der Waals surface area contributed by atoms with Gasteiger partial charge in [0, 0.05) is 32.7 Å². The zero-order chi connectivity index (χ0) is 25.9. The smallest absolute Gasteiger partial charge is 0.262 e. The summed E-state index contributed by atoms with van der Waals surface area (Å²) in [5.74, 6) is -0.251. The Bertz CT molecular complexity index is 1360. The van der Waals surface area contributed by atoms with E-state index in [4.69, 9.17) is 9.72 Å². The summed E-state index contributed by atoms with van der Waals surface area (Å²) in [6, 6.07) is 11.7. The number of aliphatic hydroxyl groups excluding tert-OH is 1. The first-order valence-corrected chi connectivity index (χ1v) is 13.7. The number of ether oxygens (including phenoxy) is 1. The SMILES string of the molecule is CCn1c(SC(C(=O)N2CCOCC2)C2CCN(C(=O)CO)CC2)nc2cc3ccccc3cc2c1=O. The summed E-state index contributed by atoms with van der Waals surface area (Å²) in [4.78, 5) is 47.7. The lowest BCUT2D eigenvalue weighted by atomic mass is 9.92. The van der Waals surface area contributed by atoms with Crippen LogP contribution in [0.15, 0.2) is 46.3 Å². The maximum Gasteiger partial charge on any atom is 0.262 e. The average molecular weight is 525 g/mol. The lowest BCUT2D eigenvalue weighted by Gasteiger charge is -2.37. The summed E-state index contributed by atoms with van der Waals surface area (Å²) < 4.78 is 7.11. The molecule has 9 nitrogen and oxygen atoms in total. The van der Waals surface area contributed by atoms with Crippen LogP contribution in [0.4, 0.5) is 0 Å². The Morgan fingerprint density at radius 2 is 1.76 bits per heavy atom. The standard InChI is InChI=1S/C27H32N4O5S/c1-2-31-25(34)21-15-19-5-3-4-6-20(19)16-22(21)28-27(31)37-24(26(35)30-11-13-36-14-12-30)18-7-9-29(10-8-18)23(33)17-32/h3-6,15-16,18,24,32H,2,7-14,17H2,1H3. The minimum Gasteiger partial charge on any atom is -0.387 e. The first-order chi connectivity index (χ1) is 18.0. The number of likely N-dealkylation sites (tertiary alicyclic amines) is 1. The number of aliphatic hydroxyl groups is 1. The van der Waals surface area contributed by atoms with Crippen molar-refractivity contribution in [1.29, 1.82) is 0 Å². The topological polar surface area (TPSA) is 105 Å². The fourth-order valence-electron chi connectivity index (χ4n) is 5.23. The molecule has 1 aromatic heterocycles. The van der Waals surface area contributed by atoms with E-state index in [-0.39, 0.29) is 23.3 Å². The van der Waals surface area contributed by atoms with Gasteiger partial charge in [0.05, 0.1) is 29.4 Å². The highest BCUT2D eigenvalue weighted by Crippen LogP contribution is 2.35. The van der Waals surface area contributed by atoms with E-state index in [1.165, 1.54) is 11.8 Å². The van der Waals surface area contributed by atoms with Crippen molar-refractivity contribution < 1.29 is 19.4 Å². The van der Waals surface area contributed by atoms with E-state index in [0.29, 0.717) is 74.8 Å². The van der Waals surface area contributed by atoms with E-state index in [0.717, 1.165) is 10.8 Å². The summed E-state index contributed by atoms with van der Waals surface area (Å²) in [5.41, 5.74) is 0.513. The van der Waals surface area contributed by atoms with Crippen molar-refractivity contribution in [3.63, 3.8) is 0 Å². The number of nitrogens with zero attached hydrogens (tertiary/aromatic N) is 4. The van der Waals surface area contributed by atoms with Crippen molar-refractivity contribution in [2.75, 3.05) is 46.0 Å². The van der Waals surface area contributed by atoms with Crippen LogP contribution in [0.5, 0.6) is 0 Å². The summed E-state index contributed by atoms with van der Waals surface area (Å²) in [5, 5.41) is 11.9. The molecule has 0 aliphatic carbocycles. The van der Waals surface area contributed by atoms with Gasteiger partial charge in [-0.2, -0.15) is 0 Å². The van der Waals surface area contributed by atoms with Gasteiger partial charge in [-0.3, -0.25) is 19.0 Å². The molecule has 196 valence electrons. The zero-order valence-electron chi connectivity index (χ0n) is 21.0. The van der Waals surface area contributed by atoms with E-state index in [2.05, 4.69) is 0 Å². The summed E-state index contributed by atoms with van der Waals surface area (Å²) in [6.07, 6.45) is 1.29. The third-order valence-corrected chi connectivity index (χ3v) is 8.72. The number of amides is 2. The molecule has 3 aromatic rings. The molecule has 2 amide bonds. The van der Waals surface area contributed by atoms with Crippen LogP contribution in [-0.4, -0.2) is 87.5 Å². The Balaban J connectivity index is 1.51. The molecule has 1 unspecified atom stereocenters. The van der Waals surface area contributed by atoms with Crippen LogP contribution in [0.3, 0.4) is 0 Å². The third-order valence-electron chi connectivity index (χ3n) is 7.36. The van der Waals surface area contributed by atoms with Gasteiger partial charge in [-0.1, -0.05) is 36.0 Å². The number of thioether (sulfide) groups is 1. The van der Waals surface area contributed by atoms with Crippen molar-refractivity contribution in [3.8, 4) is 0 Å². The van der Waals surface area contributed by atoms with Crippen molar-refractivity contribution in [2.24, 2.45) is 5.92 Å². The first-order valence-electron chi connectivity index (χ1n) is 12.8. The van der Waals surface area contributed by atoms with Gasteiger partial charge >= 0.3 is 0 Å². The lowest BCUT2D eigenvalue weighted by Crippen LogP contribution is -2.49. The van der Waals surface area contributed by atoms with Crippen LogP contribution in [0, 0.1) is 5.92 Å².